The van der Waals surface area contributed by atoms with Gasteiger partial charge in [-0.2, -0.15) is 13.2 Å². The highest BCUT2D eigenvalue weighted by atomic mass is 19.4. The second-order valence-corrected chi connectivity index (χ2v) is 6.53. The Kier molecular flexibility index (Phi) is 6.84. The summed E-state index contributed by atoms with van der Waals surface area (Å²) >= 11 is 0. The molecule has 1 saturated heterocycles. The molecule has 1 heterocycles. The van der Waals surface area contributed by atoms with Crippen LogP contribution in [-0.4, -0.2) is 42.1 Å². The predicted molar refractivity (Wildman–Crippen MR) is 88.9 cm³/mol. The highest BCUT2D eigenvalue weighted by Gasteiger charge is 2.31. The lowest BCUT2D eigenvalue weighted by Crippen LogP contribution is -2.44. The van der Waals surface area contributed by atoms with Gasteiger partial charge in [0.25, 0.3) is 0 Å². The highest BCUT2D eigenvalue weighted by Crippen LogP contribution is 2.31. The number of carbonyl (C=O) groups excluding carboxylic acids is 1. The SMILES string of the molecule is CCCNC(=O)C1CCCN(CC(O)c2cccc(C(F)(F)F)c2)C1. The Morgan fingerprint density at radius 3 is 2.88 bits per heavy atom. The Morgan fingerprint density at radius 2 is 2.20 bits per heavy atom. The number of alkyl halides is 3. The standard InChI is InChI=1S/C18H25F3N2O2/c1-2-8-22-17(25)14-6-4-9-23(11-14)12-16(24)13-5-3-7-15(10-13)18(19,20)21/h3,5,7,10,14,16,24H,2,4,6,8-9,11-12H2,1H3,(H,22,25). The first-order chi connectivity index (χ1) is 11.8. The minimum absolute atomic E-state index is 0.0140. The molecule has 7 heteroatoms. The number of β-amino-alcohol motifs (C(OH)–C–C–N with tert-alkyl or cyclic N) is 1. The van der Waals surface area contributed by atoms with Crippen LogP contribution in [0.5, 0.6) is 0 Å². The minimum Gasteiger partial charge on any atom is -0.387 e. The van der Waals surface area contributed by atoms with E-state index in [0.717, 1.165) is 37.9 Å². The van der Waals surface area contributed by atoms with Crippen LogP contribution in [0.1, 0.15) is 43.4 Å². The summed E-state index contributed by atoms with van der Waals surface area (Å²) in [5.74, 6) is -0.117. The number of likely N-dealkylation sites (tertiary alicyclic amines) is 1. The average molecular weight is 358 g/mol. The van der Waals surface area contributed by atoms with E-state index >= 15 is 0 Å². The van der Waals surface area contributed by atoms with Gasteiger partial charge in [-0.05, 0) is 43.5 Å². The topological polar surface area (TPSA) is 52.6 Å². The quantitative estimate of drug-likeness (QED) is 0.822. The van der Waals surface area contributed by atoms with Gasteiger partial charge in [0.05, 0.1) is 17.6 Å². The van der Waals surface area contributed by atoms with Gasteiger partial charge >= 0.3 is 6.18 Å². The van der Waals surface area contributed by atoms with Crippen molar-refractivity contribution in [2.75, 3.05) is 26.2 Å². The first-order valence-corrected chi connectivity index (χ1v) is 8.66. The van der Waals surface area contributed by atoms with E-state index in [-0.39, 0.29) is 23.9 Å². The van der Waals surface area contributed by atoms with E-state index in [2.05, 4.69) is 5.32 Å². The molecule has 1 aromatic carbocycles. The third kappa shape index (κ3) is 5.71. The number of halogens is 3. The number of amides is 1. The van der Waals surface area contributed by atoms with Gasteiger partial charge in [-0.25, -0.2) is 0 Å². The molecular formula is C18H25F3N2O2. The summed E-state index contributed by atoms with van der Waals surface area (Å²) < 4.78 is 38.4. The molecule has 140 valence electrons. The Bertz CT molecular complexity index is 578. The van der Waals surface area contributed by atoms with Crippen molar-refractivity contribution in [2.24, 2.45) is 5.92 Å². The molecule has 1 aliphatic rings. The summed E-state index contributed by atoms with van der Waals surface area (Å²) in [5.41, 5.74) is -0.521. The molecule has 25 heavy (non-hydrogen) atoms. The van der Waals surface area contributed by atoms with E-state index < -0.39 is 17.8 Å². The molecule has 0 aliphatic carbocycles. The summed E-state index contributed by atoms with van der Waals surface area (Å²) in [6.45, 7) is 4.10. The number of rotatable bonds is 6. The van der Waals surface area contributed by atoms with Crippen molar-refractivity contribution in [1.29, 1.82) is 0 Å². The van der Waals surface area contributed by atoms with Crippen LogP contribution in [0, 0.1) is 5.92 Å². The van der Waals surface area contributed by atoms with Crippen LogP contribution >= 0.6 is 0 Å². The van der Waals surface area contributed by atoms with E-state index in [0.29, 0.717) is 13.1 Å². The number of nitrogens with zero attached hydrogens (tertiary/aromatic N) is 1. The lowest BCUT2D eigenvalue weighted by atomic mass is 9.96. The zero-order valence-corrected chi connectivity index (χ0v) is 14.4. The minimum atomic E-state index is -4.43. The molecular weight excluding hydrogens is 333 g/mol. The first kappa shape index (κ1) is 19.7. The fraction of sp³-hybridized carbons (Fsp3) is 0.611. The smallest absolute Gasteiger partial charge is 0.387 e. The third-order valence-corrected chi connectivity index (χ3v) is 4.46. The van der Waals surface area contributed by atoms with Crippen molar-refractivity contribution in [1.82, 2.24) is 10.2 Å². The number of piperidine rings is 1. The van der Waals surface area contributed by atoms with Gasteiger partial charge < -0.3 is 10.4 Å². The number of carbonyl (C=O) groups is 1. The molecule has 2 N–H and O–H groups in total. The van der Waals surface area contributed by atoms with Crippen LogP contribution in [0.15, 0.2) is 24.3 Å². The second-order valence-electron chi connectivity index (χ2n) is 6.53. The summed E-state index contributed by atoms with van der Waals surface area (Å²) in [4.78, 5) is 14.0. The van der Waals surface area contributed by atoms with Gasteiger partial charge in [0.2, 0.25) is 5.91 Å². The van der Waals surface area contributed by atoms with Gasteiger partial charge in [-0.1, -0.05) is 19.1 Å². The van der Waals surface area contributed by atoms with Gasteiger partial charge in [0.15, 0.2) is 0 Å². The van der Waals surface area contributed by atoms with E-state index in [1.165, 1.54) is 12.1 Å². The average Bonchev–Trinajstić information content (AvgIpc) is 2.59. The largest absolute Gasteiger partial charge is 0.416 e. The lowest BCUT2D eigenvalue weighted by Gasteiger charge is -2.33. The van der Waals surface area contributed by atoms with Crippen molar-refractivity contribution < 1.29 is 23.1 Å². The predicted octanol–water partition coefficient (Wildman–Crippen LogP) is 2.98. The van der Waals surface area contributed by atoms with Gasteiger partial charge in [-0.3, -0.25) is 9.69 Å². The van der Waals surface area contributed by atoms with Crippen LogP contribution in [0.2, 0.25) is 0 Å². The molecule has 4 nitrogen and oxygen atoms in total. The molecule has 1 aromatic rings. The number of aliphatic hydroxyl groups is 1. The highest BCUT2D eigenvalue weighted by molar-refractivity contribution is 5.78. The third-order valence-electron chi connectivity index (χ3n) is 4.46. The lowest BCUT2D eigenvalue weighted by molar-refractivity contribution is -0.137. The van der Waals surface area contributed by atoms with Crippen molar-refractivity contribution in [2.45, 2.75) is 38.5 Å². The molecule has 2 unspecified atom stereocenters. The molecule has 1 amide bonds. The van der Waals surface area contributed by atoms with Crippen LogP contribution in [-0.2, 0) is 11.0 Å². The van der Waals surface area contributed by atoms with Gasteiger partial charge in [0, 0.05) is 19.6 Å². The molecule has 0 spiro atoms. The van der Waals surface area contributed by atoms with Crippen molar-refractivity contribution in [3.05, 3.63) is 35.4 Å². The van der Waals surface area contributed by atoms with Crippen molar-refractivity contribution in [3.8, 4) is 0 Å². The van der Waals surface area contributed by atoms with Crippen molar-refractivity contribution in [3.63, 3.8) is 0 Å². The Labute approximate surface area is 146 Å². The Balaban J connectivity index is 1.96. The normalized spacial score (nSPS) is 20.3. The van der Waals surface area contributed by atoms with E-state index in [1.54, 1.807) is 0 Å². The molecule has 1 aliphatic heterocycles. The van der Waals surface area contributed by atoms with Crippen LogP contribution in [0.25, 0.3) is 0 Å². The van der Waals surface area contributed by atoms with E-state index in [1.807, 2.05) is 11.8 Å². The zero-order chi connectivity index (χ0) is 18.4. The molecule has 2 atom stereocenters. The fourth-order valence-corrected chi connectivity index (χ4v) is 3.10. The number of aliphatic hydroxyl groups excluding tert-OH is 1. The maximum absolute atomic E-state index is 12.8. The molecule has 2 rings (SSSR count). The Hall–Kier alpha value is -1.60. The summed E-state index contributed by atoms with van der Waals surface area (Å²) in [7, 11) is 0. The summed E-state index contributed by atoms with van der Waals surface area (Å²) in [6.07, 6.45) is -2.94. The number of nitrogens with one attached hydrogen (secondary N) is 1. The van der Waals surface area contributed by atoms with Crippen molar-refractivity contribution >= 4 is 5.91 Å². The molecule has 1 fully saturated rings. The maximum Gasteiger partial charge on any atom is 0.416 e. The Morgan fingerprint density at radius 1 is 1.44 bits per heavy atom. The van der Waals surface area contributed by atoms with Crippen LogP contribution < -0.4 is 5.32 Å². The zero-order valence-electron chi connectivity index (χ0n) is 14.4. The first-order valence-electron chi connectivity index (χ1n) is 8.66. The summed E-state index contributed by atoms with van der Waals surface area (Å²) in [5, 5.41) is 13.2. The van der Waals surface area contributed by atoms with E-state index in [9.17, 15) is 23.1 Å². The summed E-state index contributed by atoms with van der Waals surface area (Å²) in [6, 6.07) is 4.78. The van der Waals surface area contributed by atoms with Gasteiger partial charge in [0.1, 0.15) is 0 Å². The van der Waals surface area contributed by atoms with E-state index in [4.69, 9.17) is 0 Å². The fourth-order valence-electron chi connectivity index (χ4n) is 3.10. The molecule has 0 saturated carbocycles. The number of benzene rings is 1. The monoisotopic (exact) mass is 358 g/mol. The molecule has 0 bridgehead atoms. The molecule has 0 aromatic heterocycles. The van der Waals surface area contributed by atoms with Crippen LogP contribution in [0.4, 0.5) is 13.2 Å². The molecule has 0 radical (unpaired) electrons. The van der Waals surface area contributed by atoms with Gasteiger partial charge in [-0.15, -0.1) is 0 Å². The van der Waals surface area contributed by atoms with Crippen LogP contribution in [0.3, 0.4) is 0 Å². The number of hydrogen-bond acceptors (Lipinski definition) is 3. The second kappa shape index (κ2) is 8.67. The maximum atomic E-state index is 12.8. The number of hydrogen-bond donors (Lipinski definition) is 2.